The molecule has 0 heterocycles. The van der Waals surface area contributed by atoms with Crippen LogP contribution in [0.5, 0.6) is 0 Å². The van der Waals surface area contributed by atoms with Crippen molar-refractivity contribution in [3.05, 3.63) is 0 Å². The lowest BCUT2D eigenvalue weighted by Gasteiger charge is -2.20. The number of carbonyl (C=O) groups excluding carboxylic acids is 1. The summed E-state index contributed by atoms with van der Waals surface area (Å²) in [5, 5.41) is 2.90. The first-order valence-corrected chi connectivity index (χ1v) is 8.51. The van der Waals surface area contributed by atoms with Gasteiger partial charge in [-0.2, -0.15) is 4.31 Å². The Morgan fingerprint density at radius 1 is 1.37 bits per heavy atom. The lowest BCUT2D eigenvalue weighted by molar-refractivity contribution is -0.122. The van der Waals surface area contributed by atoms with E-state index in [4.69, 9.17) is 4.74 Å². The third-order valence-corrected chi connectivity index (χ3v) is 4.51. The second-order valence-corrected chi connectivity index (χ2v) is 6.97. The summed E-state index contributed by atoms with van der Waals surface area (Å²) in [4.78, 5) is 11.8. The zero-order valence-electron chi connectivity index (χ0n) is 11.7. The molecule has 0 atom stereocenters. The molecular weight excluding hydrogens is 268 g/mol. The predicted molar refractivity (Wildman–Crippen MR) is 73.3 cm³/mol. The molecule has 6 nitrogen and oxygen atoms in total. The first kappa shape index (κ1) is 16.4. The van der Waals surface area contributed by atoms with Gasteiger partial charge in [0.2, 0.25) is 15.9 Å². The molecule has 1 N–H and O–H groups in total. The smallest absolute Gasteiger partial charge is 0.235 e. The van der Waals surface area contributed by atoms with Crippen LogP contribution in [0, 0.1) is 0 Å². The van der Waals surface area contributed by atoms with Gasteiger partial charge in [-0.3, -0.25) is 4.79 Å². The molecule has 0 saturated heterocycles. The van der Waals surface area contributed by atoms with Crippen molar-refractivity contribution >= 4 is 15.9 Å². The minimum absolute atomic E-state index is 0.0982. The fraction of sp³-hybridized carbons (Fsp3) is 0.917. The molecule has 1 rings (SSSR count). The number of hydrogen-bond donors (Lipinski definition) is 1. The highest BCUT2D eigenvalue weighted by atomic mass is 32.2. The van der Waals surface area contributed by atoms with Gasteiger partial charge in [-0.25, -0.2) is 8.42 Å². The number of amides is 1. The summed E-state index contributed by atoms with van der Waals surface area (Å²) < 4.78 is 29.3. The molecule has 7 heteroatoms. The molecule has 1 aliphatic rings. The Bertz CT molecular complexity index is 377. The number of rotatable bonds is 8. The predicted octanol–water partition coefficient (Wildman–Crippen LogP) is 0.343. The van der Waals surface area contributed by atoms with Crippen molar-refractivity contribution in [2.45, 2.75) is 38.1 Å². The van der Waals surface area contributed by atoms with Gasteiger partial charge in [-0.1, -0.05) is 12.8 Å². The van der Waals surface area contributed by atoms with E-state index in [0.29, 0.717) is 19.6 Å². The quantitative estimate of drug-likeness (QED) is 0.655. The molecule has 0 aliphatic heterocycles. The van der Waals surface area contributed by atoms with Crippen molar-refractivity contribution in [3.8, 4) is 0 Å². The van der Waals surface area contributed by atoms with Crippen molar-refractivity contribution in [1.82, 2.24) is 9.62 Å². The molecule has 19 heavy (non-hydrogen) atoms. The average Bonchev–Trinajstić information content (AvgIpc) is 2.79. The number of carbonyl (C=O) groups is 1. The first-order chi connectivity index (χ1) is 8.93. The number of hydrogen-bond acceptors (Lipinski definition) is 4. The van der Waals surface area contributed by atoms with E-state index in [9.17, 15) is 13.2 Å². The lowest BCUT2D eigenvalue weighted by Crippen LogP contribution is -2.43. The maximum absolute atomic E-state index is 11.8. The molecule has 1 fully saturated rings. The largest absolute Gasteiger partial charge is 0.385 e. The minimum atomic E-state index is -3.36. The Morgan fingerprint density at radius 2 is 2.00 bits per heavy atom. The van der Waals surface area contributed by atoms with Crippen LogP contribution < -0.4 is 5.32 Å². The number of nitrogens with one attached hydrogen (secondary N) is 1. The molecule has 1 amide bonds. The summed E-state index contributed by atoms with van der Waals surface area (Å²) in [5.74, 6) is -0.213. The van der Waals surface area contributed by atoms with E-state index in [1.165, 1.54) is 4.31 Å². The summed E-state index contributed by atoms with van der Waals surface area (Å²) in [6, 6.07) is 0.216. The molecule has 1 aliphatic carbocycles. The number of sulfonamides is 1. The van der Waals surface area contributed by atoms with E-state index in [0.717, 1.165) is 31.9 Å². The monoisotopic (exact) mass is 292 g/mol. The highest BCUT2D eigenvalue weighted by Gasteiger charge is 2.22. The number of nitrogens with zero attached hydrogens (tertiary/aromatic N) is 1. The second-order valence-electron chi connectivity index (χ2n) is 4.99. The van der Waals surface area contributed by atoms with E-state index in [-0.39, 0.29) is 18.5 Å². The standard InChI is InChI=1S/C12H24N2O4S/c1-18-9-5-8-14(19(2,16)17)10-12(15)13-11-6-3-4-7-11/h11H,3-10H2,1-2H3,(H,13,15). The summed E-state index contributed by atoms with van der Waals surface area (Å²) in [5.41, 5.74) is 0. The van der Waals surface area contributed by atoms with Gasteiger partial charge in [-0.15, -0.1) is 0 Å². The Kier molecular flexibility index (Phi) is 6.74. The van der Waals surface area contributed by atoms with Crippen LogP contribution in [-0.2, 0) is 19.6 Å². The summed E-state index contributed by atoms with van der Waals surface area (Å²) in [6.07, 6.45) is 5.97. The SMILES string of the molecule is COCCCN(CC(=O)NC1CCCC1)S(C)(=O)=O. The van der Waals surface area contributed by atoms with Crippen LogP contribution in [0.15, 0.2) is 0 Å². The highest BCUT2D eigenvalue weighted by molar-refractivity contribution is 7.88. The third-order valence-electron chi connectivity index (χ3n) is 3.27. The zero-order valence-corrected chi connectivity index (χ0v) is 12.5. The van der Waals surface area contributed by atoms with E-state index in [1.54, 1.807) is 7.11 Å². The molecule has 0 aromatic rings. The normalized spacial score (nSPS) is 17.0. The van der Waals surface area contributed by atoms with Crippen LogP contribution in [0.1, 0.15) is 32.1 Å². The number of ether oxygens (including phenoxy) is 1. The van der Waals surface area contributed by atoms with Crippen LogP contribution in [0.2, 0.25) is 0 Å². The van der Waals surface area contributed by atoms with Crippen LogP contribution in [-0.4, -0.2) is 57.7 Å². The van der Waals surface area contributed by atoms with Gasteiger partial charge in [0.15, 0.2) is 0 Å². The number of methoxy groups -OCH3 is 1. The van der Waals surface area contributed by atoms with Gasteiger partial charge >= 0.3 is 0 Å². The summed E-state index contributed by atoms with van der Waals surface area (Å²) in [6.45, 7) is 0.695. The zero-order chi connectivity index (χ0) is 14.3. The first-order valence-electron chi connectivity index (χ1n) is 6.67. The van der Waals surface area contributed by atoms with E-state index in [1.807, 2.05) is 0 Å². The van der Waals surface area contributed by atoms with Crippen LogP contribution >= 0.6 is 0 Å². The molecule has 0 unspecified atom stereocenters. The van der Waals surface area contributed by atoms with Crippen molar-refractivity contribution in [2.24, 2.45) is 0 Å². The van der Waals surface area contributed by atoms with E-state index >= 15 is 0 Å². The summed E-state index contributed by atoms with van der Waals surface area (Å²) >= 11 is 0. The molecule has 0 aromatic heterocycles. The molecular formula is C12H24N2O4S. The summed E-state index contributed by atoms with van der Waals surface area (Å²) in [7, 11) is -1.79. The van der Waals surface area contributed by atoms with Crippen molar-refractivity contribution < 1.29 is 17.9 Å². The van der Waals surface area contributed by atoms with E-state index < -0.39 is 10.0 Å². The molecule has 0 bridgehead atoms. The maximum atomic E-state index is 11.8. The van der Waals surface area contributed by atoms with Gasteiger partial charge in [0.25, 0.3) is 0 Å². The van der Waals surface area contributed by atoms with Gasteiger partial charge in [0.05, 0.1) is 12.8 Å². The topological polar surface area (TPSA) is 75.7 Å². The molecule has 0 spiro atoms. The van der Waals surface area contributed by atoms with Gasteiger partial charge in [0.1, 0.15) is 0 Å². The van der Waals surface area contributed by atoms with Gasteiger partial charge in [-0.05, 0) is 19.3 Å². The van der Waals surface area contributed by atoms with Gasteiger partial charge in [0, 0.05) is 26.3 Å². The van der Waals surface area contributed by atoms with E-state index in [2.05, 4.69) is 5.32 Å². The maximum Gasteiger partial charge on any atom is 0.235 e. The Morgan fingerprint density at radius 3 is 2.53 bits per heavy atom. The van der Waals surface area contributed by atoms with Crippen LogP contribution in [0.4, 0.5) is 0 Å². The van der Waals surface area contributed by atoms with Crippen molar-refractivity contribution in [2.75, 3.05) is 33.1 Å². The second kappa shape index (κ2) is 7.81. The minimum Gasteiger partial charge on any atom is -0.385 e. The highest BCUT2D eigenvalue weighted by Crippen LogP contribution is 2.17. The Hall–Kier alpha value is -0.660. The van der Waals surface area contributed by atoms with Crippen LogP contribution in [0.25, 0.3) is 0 Å². The van der Waals surface area contributed by atoms with Crippen LogP contribution in [0.3, 0.4) is 0 Å². The third kappa shape index (κ3) is 6.35. The Balaban J connectivity index is 2.44. The fourth-order valence-corrected chi connectivity index (χ4v) is 3.06. The fourth-order valence-electron chi connectivity index (χ4n) is 2.25. The molecule has 0 radical (unpaired) electrons. The van der Waals surface area contributed by atoms with Crippen molar-refractivity contribution in [1.29, 1.82) is 0 Å². The lowest BCUT2D eigenvalue weighted by atomic mass is 10.2. The Labute approximate surface area is 115 Å². The van der Waals surface area contributed by atoms with Gasteiger partial charge < -0.3 is 10.1 Å². The molecule has 112 valence electrons. The van der Waals surface area contributed by atoms with Crippen molar-refractivity contribution in [3.63, 3.8) is 0 Å². The molecule has 1 saturated carbocycles. The molecule has 0 aromatic carbocycles. The average molecular weight is 292 g/mol.